The first-order valence-corrected chi connectivity index (χ1v) is 7.57. The summed E-state index contributed by atoms with van der Waals surface area (Å²) < 4.78 is 5.49. The van der Waals surface area contributed by atoms with Gasteiger partial charge in [0.05, 0.1) is 11.5 Å². The molecule has 1 atom stereocenters. The summed E-state index contributed by atoms with van der Waals surface area (Å²) in [5.41, 5.74) is 1.14. The number of hydrogen-bond acceptors (Lipinski definition) is 3. The van der Waals surface area contributed by atoms with Gasteiger partial charge in [-0.2, -0.15) is 0 Å². The van der Waals surface area contributed by atoms with Crippen LogP contribution in [0.25, 0.3) is 0 Å². The minimum absolute atomic E-state index is 0.0507. The molecule has 0 aliphatic heterocycles. The van der Waals surface area contributed by atoms with E-state index >= 15 is 0 Å². The number of nitrogens with zero attached hydrogens (tertiary/aromatic N) is 1. The average molecular weight is 328 g/mol. The molecule has 1 aliphatic rings. The molecule has 0 amide bonds. The molecule has 2 rings (SSSR count). The number of nitro benzene ring substituents is 1. The second-order valence-corrected chi connectivity index (χ2v) is 6.14. The average Bonchev–Trinajstić information content (AvgIpc) is 3.20. The number of rotatable bonds is 7. The molecule has 0 heterocycles. The predicted octanol–water partition coefficient (Wildman–Crippen LogP) is 4.10. The van der Waals surface area contributed by atoms with Crippen molar-refractivity contribution in [1.29, 1.82) is 0 Å². The quantitative estimate of drug-likeness (QED) is 0.430. The lowest BCUT2D eigenvalue weighted by Crippen LogP contribution is -2.06. The first-order chi connectivity index (χ1) is 9.11. The Morgan fingerprint density at radius 1 is 1.53 bits per heavy atom. The standard InChI is InChI=1S/C14H18BrNO3/c1-2-7-19-14-9-10(3-6-13(14)16(17)18)8-12(15)11-4-5-11/h3,6,9,11-12H,2,4-5,7-8H2,1H3. The van der Waals surface area contributed by atoms with Crippen molar-refractivity contribution in [2.45, 2.75) is 37.4 Å². The van der Waals surface area contributed by atoms with Crippen molar-refractivity contribution in [3.8, 4) is 5.75 Å². The monoisotopic (exact) mass is 327 g/mol. The Morgan fingerprint density at radius 2 is 2.26 bits per heavy atom. The summed E-state index contributed by atoms with van der Waals surface area (Å²) in [5, 5.41) is 11.0. The van der Waals surface area contributed by atoms with Gasteiger partial charge in [0.1, 0.15) is 0 Å². The summed E-state index contributed by atoms with van der Waals surface area (Å²) in [6, 6.07) is 5.19. The summed E-state index contributed by atoms with van der Waals surface area (Å²) in [7, 11) is 0. The van der Waals surface area contributed by atoms with E-state index in [-0.39, 0.29) is 10.6 Å². The molecule has 104 valence electrons. The molecule has 0 N–H and O–H groups in total. The van der Waals surface area contributed by atoms with Gasteiger partial charge in [-0.3, -0.25) is 10.1 Å². The van der Waals surface area contributed by atoms with Gasteiger partial charge in [0.15, 0.2) is 5.75 Å². The van der Waals surface area contributed by atoms with Gasteiger partial charge in [0, 0.05) is 10.9 Å². The highest BCUT2D eigenvalue weighted by atomic mass is 79.9. The Balaban J connectivity index is 2.13. The molecule has 1 fully saturated rings. The van der Waals surface area contributed by atoms with Gasteiger partial charge in [-0.15, -0.1) is 0 Å². The van der Waals surface area contributed by atoms with Gasteiger partial charge in [0.25, 0.3) is 0 Å². The molecule has 1 saturated carbocycles. The Kier molecular flexibility index (Phi) is 4.80. The van der Waals surface area contributed by atoms with Crippen molar-refractivity contribution in [2.24, 2.45) is 5.92 Å². The molecule has 5 heteroatoms. The van der Waals surface area contributed by atoms with E-state index in [1.54, 1.807) is 6.07 Å². The van der Waals surface area contributed by atoms with Crippen LogP contribution in [0.4, 0.5) is 5.69 Å². The van der Waals surface area contributed by atoms with Crippen LogP contribution in [-0.4, -0.2) is 16.4 Å². The molecule has 4 nitrogen and oxygen atoms in total. The molecular formula is C14H18BrNO3. The predicted molar refractivity (Wildman–Crippen MR) is 78.0 cm³/mol. The maximum Gasteiger partial charge on any atom is 0.310 e. The third-order valence-corrected chi connectivity index (χ3v) is 4.32. The molecule has 0 radical (unpaired) electrons. The van der Waals surface area contributed by atoms with Crippen molar-refractivity contribution < 1.29 is 9.66 Å². The number of alkyl halides is 1. The van der Waals surface area contributed by atoms with E-state index in [0.29, 0.717) is 17.2 Å². The third kappa shape index (κ3) is 3.93. The zero-order chi connectivity index (χ0) is 13.8. The highest BCUT2D eigenvalue weighted by molar-refractivity contribution is 9.09. The van der Waals surface area contributed by atoms with Crippen molar-refractivity contribution in [3.05, 3.63) is 33.9 Å². The number of nitro groups is 1. The fourth-order valence-electron chi connectivity index (χ4n) is 2.01. The van der Waals surface area contributed by atoms with Crippen molar-refractivity contribution >= 4 is 21.6 Å². The highest BCUT2D eigenvalue weighted by Gasteiger charge is 2.29. The molecule has 0 spiro atoms. The van der Waals surface area contributed by atoms with Crippen LogP contribution in [0.5, 0.6) is 5.75 Å². The fourth-order valence-corrected chi connectivity index (χ4v) is 2.92. The second-order valence-electron chi connectivity index (χ2n) is 4.97. The molecule has 0 saturated heterocycles. The minimum atomic E-state index is -0.388. The topological polar surface area (TPSA) is 52.4 Å². The van der Waals surface area contributed by atoms with E-state index in [4.69, 9.17) is 4.74 Å². The van der Waals surface area contributed by atoms with Crippen LogP contribution in [0.1, 0.15) is 31.7 Å². The van der Waals surface area contributed by atoms with Crippen molar-refractivity contribution in [3.63, 3.8) is 0 Å². The van der Waals surface area contributed by atoms with Crippen LogP contribution < -0.4 is 4.74 Å². The van der Waals surface area contributed by atoms with Gasteiger partial charge in [-0.25, -0.2) is 0 Å². The first kappa shape index (κ1) is 14.3. The maximum atomic E-state index is 11.0. The lowest BCUT2D eigenvalue weighted by Gasteiger charge is -2.11. The summed E-state index contributed by atoms with van der Waals surface area (Å²) in [4.78, 5) is 11.0. The first-order valence-electron chi connectivity index (χ1n) is 6.66. The SMILES string of the molecule is CCCOc1cc(CC(Br)C2CC2)ccc1[N+](=O)[O-]. The van der Waals surface area contributed by atoms with Crippen LogP contribution in [0, 0.1) is 16.0 Å². The van der Waals surface area contributed by atoms with Gasteiger partial charge in [0.2, 0.25) is 0 Å². The Hall–Kier alpha value is -1.10. The van der Waals surface area contributed by atoms with Crippen LogP contribution >= 0.6 is 15.9 Å². The molecule has 1 aromatic rings. The van der Waals surface area contributed by atoms with Crippen molar-refractivity contribution in [1.82, 2.24) is 0 Å². The van der Waals surface area contributed by atoms with E-state index in [0.717, 1.165) is 24.3 Å². The maximum absolute atomic E-state index is 11.0. The number of benzene rings is 1. The van der Waals surface area contributed by atoms with E-state index in [9.17, 15) is 10.1 Å². The number of ether oxygens (including phenoxy) is 1. The van der Waals surface area contributed by atoms with E-state index in [2.05, 4.69) is 15.9 Å². The van der Waals surface area contributed by atoms with Gasteiger partial charge < -0.3 is 4.74 Å². The lowest BCUT2D eigenvalue weighted by molar-refractivity contribution is -0.385. The van der Waals surface area contributed by atoms with Crippen molar-refractivity contribution in [2.75, 3.05) is 6.61 Å². The fraction of sp³-hybridized carbons (Fsp3) is 0.571. The van der Waals surface area contributed by atoms with Gasteiger partial charge >= 0.3 is 5.69 Å². The normalized spacial score (nSPS) is 16.1. The summed E-state index contributed by atoms with van der Waals surface area (Å²) >= 11 is 3.69. The molecule has 0 bridgehead atoms. The molecule has 0 aromatic heterocycles. The molecule has 19 heavy (non-hydrogen) atoms. The zero-order valence-corrected chi connectivity index (χ0v) is 12.6. The Labute approximate surface area is 121 Å². The molecule has 1 aliphatic carbocycles. The van der Waals surface area contributed by atoms with Gasteiger partial charge in [-0.1, -0.05) is 28.9 Å². The van der Waals surface area contributed by atoms with E-state index in [1.807, 2.05) is 19.1 Å². The molecule has 1 unspecified atom stereocenters. The summed E-state index contributed by atoms with van der Waals surface area (Å²) in [6.07, 6.45) is 4.29. The lowest BCUT2D eigenvalue weighted by atomic mass is 10.1. The number of hydrogen-bond donors (Lipinski definition) is 0. The van der Waals surface area contributed by atoms with E-state index in [1.165, 1.54) is 12.8 Å². The minimum Gasteiger partial charge on any atom is -0.487 e. The third-order valence-electron chi connectivity index (χ3n) is 3.25. The smallest absolute Gasteiger partial charge is 0.310 e. The Morgan fingerprint density at radius 3 is 2.84 bits per heavy atom. The van der Waals surface area contributed by atoms with Crippen LogP contribution in [-0.2, 0) is 6.42 Å². The van der Waals surface area contributed by atoms with Gasteiger partial charge in [-0.05, 0) is 43.2 Å². The van der Waals surface area contributed by atoms with Crippen LogP contribution in [0.3, 0.4) is 0 Å². The Bertz CT molecular complexity index is 460. The van der Waals surface area contributed by atoms with Crippen LogP contribution in [0.2, 0.25) is 0 Å². The zero-order valence-electron chi connectivity index (χ0n) is 11.0. The largest absolute Gasteiger partial charge is 0.487 e. The molecule has 1 aromatic carbocycles. The summed E-state index contributed by atoms with van der Waals surface area (Å²) in [6.45, 7) is 2.49. The number of halogens is 1. The molecular weight excluding hydrogens is 310 g/mol. The highest BCUT2D eigenvalue weighted by Crippen LogP contribution is 2.39. The van der Waals surface area contributed by atoms with E-state index < -0.39 is 0 Å². The second kappa shape index (κ2) is 6.37. The van der Waals surface area contributed by atoms with Crippen LogP contribution in [0.15, 0.2) is 18.2 Å². The summed E-state index contributed by atoms with van der Waals surface area (Å²) in [5.74, 6) is 1.15.